The lowest BCUT2D eigenvalue weighted by Crippen LogP contribution is -2.54. The predicted molar refractivity (Wildman–Crippen MR) is 204 cm³/mol. The number of para-hydroxylation sites is 1. The summed E-state index contributed by atoms with van der Waals surface area (Å²) in [5, 5.41) is 14.3. The van der Waals surface area contributed by atoms with Crippen LogP contribution < -0.4 is 43.4 Å². The molecule has 0 unspecified atom stereocenters. The first-order valence-electron chi connectivity index (χ1n) is 17.6. The van der Waals surface area contributed by atoms with Crippen molar-refractivity contribution >= 4 is 58.5 Å². The summed E-state index contributed by atoms with van der Waals surface area (Å²) in [6.45, 7) is 3.71. The van der Waals surface area contributed by atoms with E-state index in [0.29, 0.717) is 33.8 Å². The molecule has 17 heteroatoms. The van der Waals surface area contributed by atoms with E-state index >= 15 is 0 Å². The first kappa shape index (κ1) is 41.0. The van der Waals surface area contributed by atoms with Crippen molar-refractivity contribution in [2.45, 2.75) is 64.8 Å². The molecule has 290 valence electrons. The average molecular weight is 755 g/mol. The predicted octanol–water partition coefficient (Wildman–Crippen LogP) is 3.44. The van der Waals surface area contributed by atoms with Crippen molar-refractivity contribution in [1.29, 1.82) is 5.53 Å². The number of benzene rings is 3. The molecule has 1 heterocycles. The molecule has 1 aliphatic rings. The third kappa shape index (κ3) is 11.4. The smallest absolute Gasteiger partial charge is 0.404 e. The molecule has 0 bridgehead atoms. The Hall–Kier alpha value is -6.78. The SMILES string of the molecule is CC(C)[C@H](NC(=O)CCC(=O)N1Cc2ccccc2/C(N)=C(/N=N)c2ccccc21)C(=O)N[C@@H](CCCNC(N)=O)C(=O)Nc1ccc(COC(N)=O)cc1. The second-order valence-corrected chi connectivity index (χ2v) is 13.1. The normalized spacial score (nSPS) is 14.5. The van der Waals surface area contributed by atoms with Crippen LogP contribution >= 0.6 is 0 Å². The molecule has 11 N–H and O–H groups in total. The van der Waals surface area contributed by atoms with E-state index in [9.17, 15) is 28.8 Å². The molecule has 0 saturated carbocycles. The van der Waals surface area contributed by atoms with Crippen LogP contribution in [0.25, 0.3) is 11.4 Å². The topological polar surface area (TPSA) is 277 Å². The monoisotopic (exact) mass is 754 g/mol. The number of anilines is 2. The van der Waals surface area contributed by atoms with E-state index in [1.54, 1.807) is 74.5 Å². The van der Waals surface area contributed by atoms with E-state index in [1.165, 1.54) is 4.90 Å². The molecular formula is C38H46N10O7. The fourth-order valence-corrected chi connectivity index (χ4v) is 5.95. The number of nitrogens with two attached hydrogens (primary N) is 3. The Morgan fingerprint density at radius 3 is 2.20 bits per heavy atom. The highest BCUT2D eigenvalue weighted by molar-refractivity contribution is 6.02. The van der Waals surface area contributed by atoms with Gasteiger partial charge in [-0.2, -0.15) is 5.11 Å². The Kier molecular flexibility index (Phi) is 14.4. The molecule has 3 aromatic rings. The zero-order valence-electron chi connectivity index (χ0n) is 30.6. The number of hydrogen-bond donors (Lipinski definition) is 8. The van der Waals surface area contributed by atoms with Gasteiger partial charge >= 0.3 is 12.1 Å². The Morgan fingerprint density at radius 2 is 1.55 bits per heavy atom. The van der Waals surface area contributed by atoms with Crippen molar-refractivity contribution in [3.8, 4) is 0 Å². The van der Waals surface area contributed by atoms with Crippen LogP contribution in [0.1, 0.15) is 61.8 Å². The maximum absolute atomic E-state index is 13.8. The summed E-state index contributed by atoms with van der Waals surface area (Å²) in [6.07, 6.45) is -0.964. The van der Waals surface area contributed by atoms with Gasteiger partial charge in [0.05, 0.1) is 17.9 Å². The molecule has 0 radical (unpaired) electrons. The van der Waals surface area contributed by atoms with E-state index in [0.717, 1.165) is 5.56 Å². The molecule has 0 aromatic heterocycles. The molecule has 0 aliphatic carbocycles. The maximum Gasteiger partial charge on any atom is 0.404 e. The highest BCUT2D eigenvalue weighted by Crippen LogP contribution is 2.36. The summed E-state index contributed by atoms with van der Waals surface area (Å²) >= 11 is 0. The molecule has 0 saturated heterocycles. The number of urea groups is 1. The second-order valence-electron chi connectivity index (χ2n) is 13.1. The number of carbonyl (C=O) groups is 6. The maximum atomic E-state index is 13.8. The average Bonchev–Trinajstić information content (AvgIpc) is 3.15. The zero-order valence-corrected chi connectivity index (χ0v) is 30.6. The minimum Gasteiger partial charge on any atom is -0.445 e. The van der Waals surface area contributed by atoms with Crippen LogP contribution in [0, 0.1) is 11.4 Å². The zero-order chi connectivity index (χ0) is 40.1. The third-order valence-electron chi connectivity index (χ3n) is 8.79. The fraction of sp³-hybridized carbons (Fsp3) is 0.316. The molecule has 17 nitrogen and oxygen atoms in total. The highest BCUT2D eigenvalue weighted by atomic mass is 16.5. The Morgan fingerprint density at radius 1 is 0.873 bits per heavy atom. The minimum absolute atomic E-state index is 0.0520. The van der Waals surface area contributed by atoms with Crippen molar-refractivity contribution < 1.29 is 33.5 Å². The summed E-state index contributed by atoms with van der Waals surface area (Å²) < 4.78 is 4.77. The third-order valence-corrected chi connectivity index (χ3v) is 8.79. The summed E-state index contributed by atoms with van der Waals surface area (Å²) in [4.78, 5) is 77.8. The summed E-state index contributed by atoms with van der Waals surface area (Å²) in [7, 11) is 0. The van der Waals surface area contributed by atoms with Gasteiger partial charge in [0.2, 0.25) is 23.6 Å². The first-order valence-corrected chi connectivity index (χ1v) is 17.6. The van der Waals surface area contributed by atoms with Gasteiger partial charge in [-0.1, -0.05) is 68.4 Å². The summed E-state index contributed by atoms with van der Waals surface area (Å²) in [6, 6.07) is 17.8. The van der Waals surface area contributed by atoms with Crippen LogP contribution in [-0.2, 0) is 37.1 Å². The van der Waals surface area contributed by atoms with Crippen molar-refractivity contribution in [3.63, 3.8) is 0 Å². The van der Waals surface area contributed by atoms with Gasteiger partial charge < -0.3 is 48.1 Å². The van der Waals surface area contributed by atoms with Crippen LogP contribution in [0.15, 0.2) is 77.9 Å². The van der Waals surface area contributed by atoms with E-state index in [-0.39, 0.29) is 57.0 Å². The number of primary amides is 2. The lowest BCUT2D eigenvalue weighted by molar-refractivity contribution is -0.132. The Balaban J connectivity index is 1.44. The van der Waals surface area contributed by atoms with Gasteiger partial charge in [0.1, 0.15) is 24.4 Å². The molecule has 0 spiro atoms. The van der Waals surface area contributed by atoms with Crippen molar-refractivity contribution in [1.82, 2.24) is 16.0 Å². The van der Waals surface area contributed by atoms with Crippen LogP contribution in [0.3, 0.4) is 0 Å². The second kappa shape index (κ2) is 19.3. The lowest BCUT2D eigenvalue weighted by atomic mass is 9.96. The number of carbonyl (C=O) groups excluding carboxylic acids is 6. The van der Waals surface area contributed by atoms with E-state index in [4.69, 9.17) is 27.5 Å². The van der Waals surface area contributed by atoms with Crippen LogP contribution in [0.5, 0.6) is 0 Å². The number of nitrogens with one attached hydrogen (secondary N) is 5. The molecule has 2 atom stereocenters. The van der Waals surface area contributed by atoms with Crippen LogP contribution in [0.2, 0.25) is 0 Å². The largest absolute Gasteiger partial charge is 0.445 e. The molecule has 3 aromatic carbocycles. The van der Waals surface area contributed by atoms with Gasteiger partial charge in [0, 0.05) is 36.2 Å². The van der Waals surface area contributed by atoms with Gasteiger partial charge in [-0.3, -0.25) is 19.2 Å². The van der Waals surface area contributed by atoms with Crippen molar-refractivity contribution in [2.24, 2.45) is 28.2 Å². The molecule has 7 amide bonds. The van der Waals surface area contributed by atoms with E-state index in [2.05, 4.69) is 26.4 Å². The highest BCUT2D eigenvalue weighted by Gasteiger charge is 2.30. The number of fused-ring (bicyclic) bond motifs is 2. The van der Waals surface area contributed by atoms with Crippen molar-refractivity contribution in [2.75, 3.05) is 16.8 Å². The van der Waals surface area contributed by atoms with Crippen molar-refractivity contribution in [3.05, 3.63) is 95.1 Å². The minimum atomic E-state index is -1.07. The van der Waals surface area contributed by atoms with E-state index in [1.807, 2.05) is 12.1 Å². The Labute approximate surface area is 317 Å². The molecule has 55 heavy (non-hydrogen) atoms. The van der Waals surface area contributed by atoms with Gasteiger partial charge in [-0.25, -0.2) is 15.1 Å². The molecule has 4 rings (SSSR count). The number of amides is 7. The number of nitrogens with zero attached hydrogens (tertiary/aromatic N) is 2. The van der Waals surface area contributed by atoms with E-state index < -0.39 is 47.8 Å². The summed E-state index contributed by atoms with van der Waals surface area (Å²) in [5.74, 6) is -2.51. The van der Waals surface area contributed by atoms with Gasteiger partial charge in [-0.05, 0) is 48.1 Å². The molecular weight excluding hydrogens is 708 g/mol. The Bertz CT molecular complexity index is 1950. The first-order chi connectivity index (χ1) is 26.3. The summed E-state index contributed by atoms with van der Waals surface area (Å²) in [5.41, 5.74) is 28.4. The fourth-order valence-electron chi connectivity index (χ4n) is 5.95. The number of rotatable bonds is 16. The lowest BCUT2D eigenvalue weighted by Gasteiger charge is -2.29. The molecule has 0 fully saturated rings. The molecule has 1 aliphatic heterocycles. The van der Waals surface area contributed by atoms with Gasteiger partial charge in [0.25, 0.3) is 0 Å². The standard InChI is InChI=1S/C38H46N10O7/c1-22(2)33(36(52)45-28(11-7-19-43-37(40)53)35(51)44-25-15-13-23(14-16-25)21-55-38(41)54)46-30(49)17-18-31(50)48-20-24-8-3-4-9-26(24)32(39)34(47-42)27-10-5-6-12-29(27)48/h3-6,8-10,12-16,22,28,33,42H,7,11,17-21,39H2,1-2H3,(H2,41,54)(H,44,51)(H,45,52)(H,46,49)(H3,40,43,53)/b34-32-,47-42?/t28-,33-/m0/s1. The van der Waals surface area contributed by atoms with Gasteiger partial charge in [0.15, 0.2) is 0 Å². The number of ether oxygens (including phenoxy) is 1. The van der Waals surface area contributed by atoms with Crippen LogP contribution in [-0.4, -0.2) is 54.4 Å². The van der Waals surface area contributed by atoms with Crippen LogP contribution in [0.4, 0.5) is 21.0 Å². The number of hydrogen-bond acceptors (Lipinski definition) is 10. The quantitative estimate of drug-likeness (QED) is 0.0790. The van der Waals surface area contributed by atoms with Gasteiger partial charge in [-0.15, -0.1) is 0 Å².